The van der Waals surface area contributed by atoms with Gasteiger partial charge in [-0.1, -0.05) is 12.1 Å². The zero-order chi connectivity index (χ0) is 25.8. The van der Waals surface area contributed by atoms with Crippen LogP contribution in [0.5, 0.6) is 5.75 Å². The number of nitrogens with one attached hydrogen (secondary N) is 3. The number of carbonyl (C=O) groups excluding carboxylic acids is 4. The number of ether oxygens (including phenoxy) is 1. The quantitative estimate of drug-likeness (QED) is 0.369. The Morgan fingerprint density at radius 2 is 2.17 bits per heavy atom. The molecule has 192 valence electrons. The molecule has 1 aromatic heterocycles. The summed E-state index contributed by atoms with van der Waals surface area (Å²) < 4.78 is 5.40. The normalized spacial score (nSPS) is 22.3. The van der Waals surface area contributed by atoms with Gasteiger partial charge in [-0.3, -0.25) is 19.2 Å². The third kappa shape index (κ3) is 5.22. The Kier molecular flexibility index (Phi) is 7.61. The van der Waals surface area contributed by atoms with E-state index in [0.29, 0.717) is 37.4 Å². The van der Waals surface area contributed by atoms with Crippen LogP contribution >= 0.6 is 0 Å². The standard InChI is InChI=1S/C26H33N5O5/c1-3-4-6-15-11-21(25(34)30-19(23(27)32)12-16-9-10-28-24(16)33)31(14-15)26(35)20-13-17-18(29-20)7-5-8-22(17)36-2/h3,5,7-8,13,15-16,19,21,29H,1,4,6,9-12,14H2,2H3,(H2,27,32)(H,28,33)(H,30,34)/t15?,16-,19-,21-/m0/s1. The van der Waals surface area contributed by atoms with Crippen LogP contribution in [0.3, 0.4) is 0 Å². The number of methoxy groups -OCH3 is 1. The van der Waals surface area contributed by atoms with E-state index < -0.39 is 23.9 Å². The molecule has 36 heavy (non-hydrogen) atoms. The molecular weight excluding hydrogens is 462 g/mol. The van der Waals surface area contributed by atoms with Crippen molar-refractivity contribution in [2.24, 2.45) is 17.6 Å². The molecule has 2 fully saturated rings. The van der Waals surface area contributed by atoms with Gasteiger partial charge in [0.25, 0.3) is 5.91 Å². The summed E-state index contributed by atoms with van der Waals surface area (Å²) in [6.45, 7) is 4.71. The molecule has 0 aliphatic carbocycles. The highest BCUT2D eigenvalue weighted by Crippen LogP contribution is 2.31. The molecule has 2 aliphatic heterocycles. The molecule has 4 amide bonds. The number of likely N-dealkylation sites (tertiary alicyclic amines) is 1. The Bertz CT molecular complexity index is 1170. The van der Waals surface area contributed by atoms with Crippen molar-refractivity contribution in [3.63, 3.8) is 0 Å². The number of H-pyrrole nitrogens is 1. The molecule has 0 bridgehead atoms. The highest BCUT2D eigenvalue weighted by Gasteiger charge is 2.41. The molecule has 1 aromatic carbocycles. The first-order chi connectivity index (χ1) is 17.3. The summed E-state index contributed by atoms with van der Waals surface area (Å²) in [4.78, 5) is 55.8. The van der Waals surface area contributed by atoms with E-state index in [0.717, 1.165) is 23.7 Å². The largest absolute Gasteiger partial charge is 0.496 e. The molecule has 4 rings (SSSR count). The van der Waals surface area contributed by atoms with E-state index in [1.165, 1.54) is 0 Å². The van der Waals surface area contributed by atoms with Crippen LogP contribution in [0.4, 0.5) is 0 Å². The maximum Gasteiger partial charge on any atom is 0.270 e. The summed E-state index contributed by atoms with van der Waals surface area (Å²) in [6.07, 6.45) is 4.56. The topological polar surface area (TPSA) is 147 Å². The van der Waals surface area contributed by atoms with Gasteiger partial charge in [0.05, 0.1) is 7.11 Å². The van der Waals surface area contributed by atoms with Gasteiger partial charge in [-0.05, 0) is 56.2 Å². The van der Waals surface area contributed by atoms with Gasteiger partial charge < -0.3 is 31.0 Å². The Hall–Kier alpha value is -3.82. The number of fused-ring (bicyclic) bond motifs is 1. The number of amides is 4. The van der Waals surface area contributed by atoms with Crippen molar-refractivity contribution in [1.29, 1.82) is 0 Å². The molecule has 3 heterocycles. The monoisotopic (exact) mass is 495 g/mol. The number of aromatic nitrogens is 1. The smallest absolute Gasteiger partial charge is 0.270 e. The van der Waals surface area contributed by atoms with Gasteiger partial charge in [0.15, 0.2) is 0 Å². The number of carbonyl (C=O) groups is 4. The first-order valence-electron chi connectivity index (χ1n) is 12.3. The minimum atomic E-state index is -0.993. The maximum atomic E-state index is 13.6. The zero-order valence-corrected chi connectivity index (χ0v) is 20.4. The summed E-state index contributed by atoms with van der Waals surface area (Å²) in [6, 6.07) is 5.47. The minimum Gasteiger partial charge on any atom is -0.496 e. The lowest BCUT2D eigenvalue weighted by atomic mass is 9.97. The van der Waals surface area contributed by atoms with Crippen molar-refractivity contribution in [1.82, 2.24) is 20.5 Å². The molecular formula is C26H33N5O5. The summed E-state index contributed by atoms with van der Waals surface area (Å²) in [5, 5.41) is 6.23. The van der Waals surface area contributed by atoms with Gasteiger partial charge in [-0.15, -0.1) is 6.58 Å². The molecule has 5 N–H and O–H groups in total. The second-order valence-corrected chi connectivity index (χ2v) is 9.52. The van der Waals surface area contributed by atoms with Crippen LogP contribution in [0.2, 0.25) is 0 Å². The zero-order valence-electron chi connectivity index (χ0n) is 20.4. The molecule has 10 heteroatoms. The molecule has 4 atom stereocenters. The third-order valence-corrected chi connectivity index (χ3v) is 7.15. The van der Waals surface area contributed by atoms with Gasteiger partial charge in [-0.25, -0.2) is 0 Å². The lowest BCUT2D eigenvalue weighted by molar-refractivity contribution is -0.131. The van der Waals surface area contributed by atoms with E-state index in [-0.39, 0.29) is 30.1 Å². The predicted octanol–water partition coefficient (Wildman–Crippen LogP) is 1.47. The fraction of sp³-hybridized carbons (Fsp3) is 0.462. The Labute approximate surface area is 209 Å². The van der Waals surface area contributed by atoms with Crippen molar-refractivity contribution < 1.29 is 23.9 Å². The van der Waals surface area contributed by atoms with Crippen LogP contribution < -0.4 is 21.1 Å². The lowest BCUT2D eigenvalue weighted by Crippen LogP contribution is -2.53. The summed E-state index contributed by atoms with van der Waals surface area (Å²) in [5.41, 5.74) is 6.67. The van der Waals surface area contributed by atoms with Crippen molar-refractivity contribution in [2.75, 3.05) is 20.2 Å². The molecule has 2 aliphatic rings. The average Bonchev–Trinajstić information content (AvgIpc) is 3.59. The Morgan fingerprint density at radius 3 is 2.83 bits per heavy atom. The summed E-state index contributed by atoms with van der Waals surface area (Å²) in [7, 11) is 1.57. The average molecular weight is 496 g/mol. The minimum absolute atomic E-state index is 0.106. The third-order valence-electron chi connectivity index (χ3n) is 7.15. The van der Waals surface area contributed by atoms with Crippen LogP contribution in [0, 0.1) is 11.8 Å². The van der Waals surface area contributed by atoms with Crippen LogP contribution in [0.1, 0.15) is 42.6 Å². The number of rotatable bonds is 10. The molecule has 1 unspecified atom stereocenters. The molecule has 2 saturated heterocycles. The summed E-state index contributed by atoms with van der Waals surface area (Å²) in [5.74, 6) is -1.24. The fourth-order valence-electron chi connectivity index (χ4n) is 5.20. The first-order valence-corrected chi connectivity index (χ1v) is 12.3. The van der Waals surface area contributed by atoms with Crippen LogP contribution in [0.15, 0.2) is 36.9 Å². The SMILES string of the molecule is C=CCCC1C[C@@H](C(=O)N[C@@H](C[C@@H]2CCNC2=O)C(N)=O)N(C(=O)c2cc3c(OC)cccc3[nH]2)C1. The fourth-order valence-corrected chi connectivity index (χ4v) is 5.20. The highest BCUT2D eigenvalue weighted by molar-refractivity contribution is 6.02. The molecule has 0 radical (unpaired) electrons. The van der Waals surface area contributed by atoms with Gasteiger partial charge in [0, 0.05) is 29.9 Å². The van der Waals surface area contributed by atoms with E-state index in [1.807, 2.05) is 24.3 Å². The number of aromatic amines is 1. The maximum absolute atomic E-state index is 13.6. The van der Waals surface area contributed by atoms with Gasteiger partial charge in [0.1, 0.15) is 23.5 Å². The molecule has 10 nitrogen and oxygen atoms in total. The van der Waals surface area contributed by atoms with E-state index in [1.54, 1.807) is 18.1 Å². The number of benzene rings is 1. The van der Waals surface area contributed by atoms with Gasteiger partial charge in [-0.2, -0.15) is 0 Å². The molecule has 0 saturated carbocycles. The number of allylic oxidation sites excluding steroid dienone is 1. The Balaban J connectivity index is 1.55. The first kappa shape index (κ1) is 25.3. The van der Waals surface area contributed by atoms with Crippen LogP contribution in [-0.4, -0.2) is 65.8 Å². The number of nitrogens with two attached hydrogens (primary N) is 1. The van der Waals surface area contributed by atoms with Gasteiger partial charge in [0.2, 0.25) is 17.7 Å². The van der Waals surface area contributed by atoms with E-state index in [4.69, 9.17) is 10.5 Å². The second-order valence-electron chi connectivity index (χ2n) is 9.52. The number of nitrogens with zero attached hydrogens (tertiary/aromatic N) is 1. The van der Waals surface area contributed by atoms with Crippen molar-refractivity contribution in [2.45, 2.75) is 44.2 Å². The number of hydrogen-bond acceptors (Lipinski definition) is 5. The van der Waals surface area contributed by atoms with Crippen molar-refractivity contribution in [3.05, 3.63) is 42.6 Å². The van der Waals surface area contributed by atoms with Crippen LogP contribution in [0.25, 0.3) is 10.9 Å². The van der Waals surface area contributed by atoms with Crippen molar-refractivity contribution >= 4 is 34.5 Å². The highest BCUT2D eigenvalue weighted by atomic mass is 16.5. The van der Waals surface area contributed by atoms with Crippen molar-refractivity contribution in [3.8, 4) is 5.75 Å². The molecule has 2 aromatic rings. The Morgan fingerprint density at radius 1 is 1.36 bits per heavy atom. The lowest BCUT2D eigenvalue weighted by Gasteiger charge is -2.26. The molecule has 0 spiro atoms. The number of primary amides is 1. The number of hydrogen-bond donors (Lipinski definition) is 4. The predicted molar refractivity (Wildman–Crippen MR) is 134 cm³/mol. The van der Waals surface area contributed by atoms with E-state index in [2.05, 4.69) is 22.2 Å². The second kappa shape index (κ2) is 10.8. The van der Waals surface area contributed by atoms with E-state index >= 15 is 0 Å². The van der Waals surface area contributed by atoms with E-state index in [9.17, 15) is 19.2 Å². The van der Waals surface area contributed by atoms with Crippen LogP contribution in [-0.2, 0) is 14.4 Å². The van der Waals surface area contributed by atoms with Gasteiger partial charge >= 0.3 is 0 Å². The summed E-state index contributed by atoms with van der Waals surface area (Å²) >= 11 is 0.